The predicted octanol–water partition coefficient (Wildman–Crippen LogP) is 2.34. The van der Waals surface area contributed by atoms with Gasteiger partial charge in [0.05, 0.1) is 0 Å². The number of nitrogens with zero attached hydrogens (tertiary/aromatic N) is 2. The normalized spacial score (nSPS) is 15.3. The average molecular weight is 324 g/mol. The zero-order chi connectivity index (χ0) is 16.9. The summed E-state index contributed by atoms with van der Waals surface area (Å²) >= 11 is 0. The van der Waals surface area contributed by atoms with Gasteiger partial charge in [-0.05, 0) is 31.0 Å². The van der Waals surface area contributed by atoms with Gasteiger partial charge >= 0.3 is 5.63 Å². The summed E-state index contributed by atoms with van der Waals surface area (Å²) in [6.45, 7) is 10.9. The number of allylic oxidation sites excluding steroid dienone is 2. The summed E-state index contributed by atoms with van der Waals surface area (Å²) in [4.78, 5) is 18.3. The van der Waals surface area contributed by atoms with Crippen LogP contribution in [-0.2, 0) is 0 Å². The number of fused-ring (bicyclic) bond motifs is 1. The van der Waals surface area contributed by atoms with E-state index in [9.17, 15) is 4.79 Å². The molecule has 1 aliphatic rings. The van der Waals surface area contributed by atoms with E-state index in [4.69, 9.17) is 4.42 Å². The molecule has 1 aromatic carbocycles. The molecule has 0 spiro atoms. The molecule has 6 heteroatoms. The zero-order valence-corrected chi connectivity index (χ0v) is 13.4. The highest BCUT2D eigenvalue weighted by Gasteiger charge is 2.12. The Hall–Kier alpha value is -2.86. The number of rotatable bonds is 5. The van der Waals surface area contributed by atoms with E-state index in [2.05, 4.69) is 33.8 Å². The zero-order valence-electron chi connectivity index (χ0n) is 13.4. The Morgan fingerprint density at radius 1 is 1.33 bits per heavy atom. The molecule has 0 aliphatic carbocycles. The Morgan fingerprint density at radius 3 is 2.83 bits per heavy atom. The molecule has 0 atom stereocenters. The lowest BCUT2D eigenvalue weighted by molar-refractivity contribution is 0.562. The van der Waals surface area contributed by atoms with Crippen LogP contribution < -0.4 is 21.2 Å². The van der Waals surface area contributed by atoms with Gasteiger partial charge in [-0.1, -0.05) is 12.7 Å². The van der Waals surface area contributed by atoms with E-state index in [0.717, 1.165) is 37.3 Å². The second-order valence-electron chi connectivity index (χ2n) is 5.48. The summed E-state index contributed by atoms with van der Waals surface area (Å²) in [7, 11) is 0. The van der Waals surface area contributed by atoms with Crippen molar-refractivity contribution in [2.24, 2.45) is 4.99 Å². The second kappa shape index (κ2) is 7.14. The standard InChI is InChI=1S/C18H20N4O2/c1-3-4-17(19-2)21-15-11-13-5-6-14(12-16(13)24-18(15)23)22-9-7-20-8-10-22/h3-6,11-12,20-21H,1-2,7-10H2/b17-4+. The maximum Gasteiger partial charge on any atom is 0.360 e. The van der Waals surface area contributed by atoms with E-state index in [-0.39, 0.29) is 0 Å². The van der Waals surface area contributed by atoms with Gasteiger partial charge in [0.2, 0.25) is 0 Å². The van der Waals surface area contributed by atoms with Crippen LogP contribution in [0.5, 0.6) is 0 Å². The fourth-order valence-corrected chi connectivity index (χ4v) is 2.69. The molecule has 24 heavy (non-hydrogen) atoms. The van der Waals surface area contributed by atoms with Gasteiger partial charge in [-0.25, -0.2) is 9.79 Å². The van der Waals surface area contributed by atoms with Crippen molar-refractivity contribution in [2.75, 3.05) is 36.4 Å². The maximum absolute atomic E-state index is 12.2. The average Bonchev–Trinajstić information content (AvgIpc) is 2.62. The summed E-state index contributed by atoms with van der Waals surface area (Å²) in [6, 6.07) is 7.67. The summed E-state index contributed by atoms with van der Waals surface area (Å²) in [5, 5.41) is 7.07. The summed E-state index contributed by atoms with van der Waals surface area (Å²) in [6.07, 6.45) is 3.20. The molecule has 1 aromatic heterocycles. The summed E-state index contributed by atoms with van der Waals surface area (Å²) in [5.41, 5.74) is 1.51. The molecule has 0 saturated carbocycles. The Labute approximate surface area is 140 Å². The Kier molecular flexibility index (Phi) is 4.77. The van der Waals surface area contributed by atoms with E-state index in [1.807, 2.05) is 18.2 Å². The van der Waals surface area contributed by atoms with Crippen molar-refractivity contribution in [3.63, 3.8) is 0 Å². The third-order valence-electron chi connectivity index (χ3n) is 3.91. The van der Waals surface area contributed by atoms with Crippen molar-refractivity contribution in [2.45, 2.75) is 0 Å². The Balaban J connectivity index is 1.94. The SMILES string of the molecule is C=C/C=C(\N=C)Nc1cc2ccc(N3CCNCC3)cc2oc1=O. The van der Waals surface area contributed by atoms with Crippen molar-refractivity contribution in [3.05, 3.63) is 59.2 Å². The lowest BCUT2D eigenvalue weighted by Crippen LogP contribution is -2.43. The van der Waals surface area contributed by atoms with Gasteiger partial charge in [0.1, 0.15) is 17.1 Å². The van der Waals surface area contributed by atoms with Gasteiger partial charge < -0.3 is 20.0 Å². The van der Waals surface area contributed by atoms with Gasteiger partial charge in [-0.3, -0.25) is 0 Å². The van der Waals surface area contributed by atoms with Crippen LogP contribution in [0.4, 0.5) is 11.4 Å². The Morgan fingerprint density at radius 2 is 2.12 bits per heavy atom. The number of piperazine rings is 1. The third kappa shape index (κ3) is 3.38. The van der Waals surface area contributed by atoms with Crippen LogP contribution in [0.2, 0.25) is 0 Å². The lowest BCUT2D eigenvalue weighted by atomic mass is 10.2. The molecule has 6 nitrogen and oxygen atoms in total. The number of anilines is 2. The molecule has 0 amide bonds. The first kappa shape index (κ1) is 16.0. The highest BCUT2D eigenvalue weighted by Crippen LogP contribution is 2.23. The molecule has 0 unspecified atom stereocenters. The quantitative estimate of drug-likeness (QED) is 0.502. The summed E-state index contributed by atoms with van der Waals surface area (Å²) < 4.78 is 5.47. The second-order valence-corrected chi connectivity index (χ2v) is 5.48. The molecule has 2 heterocycles. The number of nitrogens with one attached hydrogen (secondary N) is 2. The molecular weight excluding hydrogens is 304 g/mol. The van der Waals surface area contributed by atoms with E-state index in [1.165, 1.54) is 0 Å². The van der Waals surface area contributed by atoms with Crippen molar-refractivity contribution in [1.29, 1.82) is 0 Å². The fraction of sp³-hybridized carbons (Fsp3) is 0.222. The van der Waals surface area contributed by atoms with Crippen LogP contribution in [0.25, 0.3) is 11.0 Å². The van der Waals surface area contributed by atoms with Crippen LogP contribution in [0.15, 0.2) is 63.0 Å². The molecule has 0 bridgehead atoms. The Bertz CT molecular complexity index is 848. The topological polar surface area (TPSA) is 69.9 Å². The molecule has 1 saturated heterocycles. The van der Waals surface area contributed by atoms with Gasteiger partial charge in [0.25, 0.3) is 0 Å². The van der Waals surface area contributed by atoms with Gasteiger partial charge in [0.15, 0.2) is 0 Å². The minimum atomic E-state index is -0.446. The minimum absolute atomic E-state index is 0.318. The number of benzene rings is 1. The fourth-order valence-electron chi connectivity index (χ4n) is 2.69. The van der Waals surface area contributed by atoms with Crippen LogP contribution in [0, 0.1) is 0 Å². The molecule has 2 aromatic rings. The lowest BCUT2D eigenvalue weighted by Gasteiger charge is -2.29. The smallest absolute Gasteiger partial charge is 0.360 e. The van der Waals surface area contributed by atoms with Gasteiger partial charge in [-0.15, -0.1) is 0 Å². The molecule has 3 rings (SSSR count). The first-order valence-electron chi connectivity index (χ1n) is 7.81. The molecular formula is C18H20N4O2. The monoisotopic (exact) mass is 324 g/mol. The number of hydrogen-bond acceptors (Lipinski definition) is 6. The molecule has 0 radical (unpaired) electrons. The molecule has 124 valence electrons. The van der Waals surface area contributed by atoms with E-state index in [0.29, 0.717) is 17.1 Å². The van der Waals surface area contributed by atoms with E-state index < -0.39 is 5.63 Å². The maximum atomic E-state index is 12.2. The van der Waals surface area contributed by atoms with Crippen molar-refractivity contribution >= 4 is 29.1 Å². The van der Waals surface area contributed by atoms with Gasteiger partial charge in [-0.2, -0.15) is 0 Å². The number of hydrogen-bond donors (Lipinski definition) is 2. The first-order valence-corrected chi connectivity index (χ1v) is 7.81. The van der Waals surface area contributed by atoms with Crippen LogP contribution >= 0.6 is 0 Å². The molecule has 1 aliphatic heterocycles. The first-order chi connectivity index (χ1) is 11.7. The number of aliphatic imine (C=N–C) groups is 1. The van der Waals surface area contributed by atoms with Crippen LogP contribution in [0.1, 0.15) is 0 Å². The highest BCUT2D eigenvalue weighted by molar-refractivity contribution is 5.83. The van der Waals surface area contributed by atoms with Crippen molar-refractivity contribution in [1.82, 2.24) is 5.32 Å². The third-order valence-corrected chi connectivity index (χ3v) is 3.91. The van der Waals surface area contributed by atoms with Crippen LogP contribution in [-0.4, -0.2) is 32.9 Å². The highest BCUT2D eigenvalue weighted by atomic mass is 16.4. The molecule has 2 N–H and O–H groups in total. The minimum Gasteiger partial charge on any atom is -0.421 e. The van der Waals surface area contributed by atoms with Crippen molar-refractivity contribution in [3.8, 4) is 0 Å². The predicted molar refractivity (Wildman–Crippen MR) is 99.0 cm³/mol. The van der Waals surface area contributed by atoms with E-state index >= 15 is 0 Å². The van der Waals surface area contributed by atoms with Crippen LogP contribution in [0.3, 0.4) is 0 Å². The molecule has 1 fully saturated rings. The largest absolute Gasteiger partial charge is 0.421 e. The van der Waals surface area contributed by atoms with Crippen molar-refractivity contribution < 1.29 is 4.42 Å². The van der Waals surface area contributed by atoms with Gasteiger partial charge in [0, 0.05) is 43.3 Å². The van der Waals surface area contributed by atoms with E-state index in [1.54, 1.807) is 18.2 Å². The summed E-state index contributed by atoms with van der Waals surface area (Å²) in [5.74, 6) is 0.439.